The third-order valence-electron chi connectivity index (χ3n) is 2.56. The first-order chi connectivity index (χ1) is 8.99. The lowest BCUT2D eigenvalue weighted by molar-refractivity contribution is -0.384. The summed E-state index contributed by atoms with van der Waals surface area (Å²) in [6, 6.07) is 4.65. The first-order valence-corrected chi connectivity index (χ1v) is 6.91. The van der Waals surface area contributed by atoms with Gasteiger partial charge in [0, 0.05) is 24.0 Å². The summed E-state index contributed by atoms with van der Waals surface area (Å²) in [5.74, 6) is 0.203. The van der Waals surface area contributed by atoms with Crippen LogP contribution in [0.5, 0.6) is 0 Å². The van der Waals surface area contributed by atoms with Crippen LogP contribution >= 0.6 is 11.8 Å². The Bertz CT molecular complexity index is 525. The molecule has 1 rings (SSSR count). The molecule has 0 N–H and O–H groups in total. The van der Waals surface area contributed by atoms with Crippen molar-refractivity contribution in [3.63, 3.8) is 0 Å². The minimum atomic E-state index is -0.439. The molecular weight excluding hydrogens is 266 g/mol. The Hall–Kier alpha value is -1.82. The minimum absolute atomic E-state index is 0.0543. The second kappa shape index (κ2) is 6.94. The van der Waals surface area contributed by atoms with E-state index in [1.165, 1.54) is 19.3 Å². The van der Waals surface area contributed by atoms with Crippen molar-refractivity contribution in [3.05, 3.63) is 45.5 Å². The number of carbonyl (C=O) groups is 1. The van der Waals surface area contributed by atoms with E-state index in [2.05, 4.69) is 4.74 Å². The maximum atomic E-state index is 11.2. The van der Waals surface area contributed by atoms with E-state index in [9.17, 15) is 14.9 Å². The monoisotopic (exact) mass is 281 g/mol. The van der Waals surface area contributed by atoms with Gasteiger partial charge in [-0.15, -0.1) is 0 Å². The van der Waals surface area contributed by atoms with Gasteiger partial charge < -0.3 is 4.74 Å². The Balaban J connectivity index is 3.23. The Labute approximate surface area is 115 Å². The number of methoxy groups -OCH3 is 1. The first kappa shape index (κ1) is 15.2. The number of nitrogens with zero attached hydrogens (tertiary/aromatic N) is 1. The van der Waals surface area contributed by atoms with Crippen molar-refractivity contribution in [2.24, 2.45) is 0 Å². The second-order valence-electron chi connectivity index (χ2n) is 3.88. The highest BCUT2D eigenvalue weighted by Gasteiger charge is 2.12. The molecule has 5 nitrogen and oxygen atoms in total. The van der Waals surface area contributed by atoms with E-state index in [1.54, 1.807) is 30.8 Å². The van der Waals surface area contributed by atoms with Crippen molar-refractivity contribution in [2.75, 3.05) is 13.4 Å². The zero-order chi connectivity index (χ0) is 14.4. The summed E-state index contributed by atoms with van der Waals surface area (Å²) >= 11 is 1.57. The van der Waals surface area contributed by atoms with Gasteiger partial charge in [-0.1, -0.05) is 0 Å². The van der Waals surface area contributed by atoms with Crippen LogP contribution in [0.15, 0.2) is 24.3 Å². The smallest absolute Gasteiger partial charge is 0.330 e. The molecule has 0 aliphatic rings. The highest BCUT2D eigenvalue weighted by atomic mass is 32.2. The van der Waals surface area contributed by atoms with E-state index in [-0.39, 0.29) is 5.69 Å². The third kappa shape index (κ3) is 4.10. The molecule has 0 unspecified atom stereocenters. The molecule has 1 aromatic carbocycles. The van der Waals surface area contributed by atoms with Crippen LogP contribution < -0.4 is 0 Å². The van der Waals surface area contributed by atoms with Gasteiger partial charge in [0.25, 0.3) is 5.69 Å². The number of rotatable bonds is 5. The lowest BCUT2D eigenvalue weighted by atomic mass is 10.0. The molecule has 0 heterocycles. The number of nitro groups is 1. The standard InChI is InChI=1S/C13H15NO4S/c1-9(6-13(15)18-2)12-5-4-11(14(16)17)7-10(12)8-19-3/h4-7H,8H2,1-3H3/b9-6+. The largest absolute Gasteiger partial charge is 0.466 e. The quantitative estimate of drug-likeness (QED) is 0.359. The molecule has 102 valence electrons. The first-order valence-electron chi connectivity index (χ1n) is 5.52. The van der Waals surface area contributed by atoms with Gasteiger partial charge in [0.15, 0.2) is 0 Å². The summed E-state index contributed by atoms with van der Waals surface area (Å²) in [5.41, 5.74) is 2.44. The van der Waals surface area contributed by atoms with Gasteiger partial charge in [-0.3, -0.25) is 10.1 Å². The number of hydrogen-bond donors (Lipinski definition) is 0. The predicted molar refractivity (Wildman–Crippen MR) is 76.0 cm³/mol. The summed E-state index contributed by atoms with van der Waals surface area (Å²) in [4.78, 5) is 21.6. The van der Waals surface area contributed by atoms with Gasteiger partial charge in [0.2, 0.25) is 0 Å². The van der Waals surface area contributed by atoms with Gasteiger partial charge in [0.1, 0.15) is 0 Å². The Morgan fingerprint density at radius 3 is 2.74 bits per heavy atom. The fraction of sp³-hybridized carbons (Fsp3) is 0.308. The molecule has 0 saturated carbocycles. The number of allylic oxidation sites excluding steroid dienone is 1. The molecule has 0 aromatic heterocycles. The van der Waals surface area contributed by atoms with Crippen LogP contribution in [0, 0.1) is 10.1 Å². The van der Waals surface area contributed by atoms with Crippen molar-refractivity contribution in [2.45, 2.75) is 12.7 Å². The summed E-state index contributed by atoms with van der Waals surface area (Å²) in [5, 5.41) is 10.8. The highest BCUT2D eigenvalue weighted by Crippen LogP contribution is 2.26. The van der Waals surface area contributed by atoms with Crippen molar-refractivity contribution in [1.82, 2.24) is 0 Å². The lowest BCUT2D eigenvalue weighted by Crippen LogP contribution is -1.98. The van der Waals surface area contributed by atoms with E-state index in [0.29, 0.717) is 5.75 Å². The molecule has 0 saturated heterocycles. The Kier molecular flexibility index (Phi) is 5.57. The van der Waals surface area contributed by atoms with Crippen LogP contribution in [0.4, 0.5) is 5.69 Å². The van der Waals surface area contributed by atoms with Gasteiger partial charge in [-0.25, -0.2) is 4.79 Å². The van der Waals surface area contributed by atoms with Crippen molar-refractivity contribution < 1.29 is 14.5 Å². The zero-order valence-electron chi connectivity index (χ0n) is 11.0. The van der Waals surface area contributed by atoms with Crippen LogP contribution in [0.25, 0.3) is 5.57 Å². The Morgan fingerprint density at radius 1 is 1.53 bits per heavy atom. The molecule has 1 aromatic rings. The number of non-ortho nitro benzene ring substituents is 1. The molecule has 19 heavy (non-hydrogen) atoms. The number of hydrogen-bond acceptors (Lipinski definition) is 5. The molecule has 0 aliphatic carbocycles. The van der Waals surface area contributed by atoms with Crippen LogP contribution in [0.3, 0.4) is 0 Å². The van der Waals surface area contributed by atoms with Gasteiger partial charge in [-0.05, 0) is 35.9 Å². The maximum Gasteiger partial charge on any atom is 0.330 e. The average Bonchev–Trinajstić information content (AvgIpc) is 2.38. The molecule has 6 heteroatoms. The SMILES string of the molecule is COC(=O)/C=C(\C)c1ccc([N+](=O)[O-])cc1CSC. The summed E-state index contributed by atoms with van der Waals surface area (Å²) < 4.78 is 4.58. The lowest BCUT2D eigenvalue weighted by Gasteiger charge is -2.08. The molecule has 0 amide bonds. The van der Waals surface area contributed by atoms with Gasteiger partial charge >= 0.3 is 5.97 Å². The van der Waals surface area contributed by atoms with Gasteiger partial charge in [-0.2, -0.15) is 11.8 Å². The van der Waals surface area contributed by atoms with Crippen LogP contribution in [0.1, 0.15) is 18.1 Å². The third-order valence-corrected chi connectivity index (χ3v) is 3.16. The second-order valence-corrected chi connectivity index (χ2v) is 4.75. The van der Waals surface area contributed by atoms with Crippen LogP contribution in [0.2, 0.25) is 0 Å². The topological polar surface area (TPSA) is 69.4 Å². The normalized spacial score (nSPS) is 11.2. The molecule has 0 radical (unpaired) electrons. The predicted octanol–water partition coefficient (Wildman–Crippen LogP) is 3.03. The highest BCUT2D eigenvalue weighted by molar-refractivity contribution is 7.97. The fourth-order valence-electron chi connectivity index (χ4n) is 1.67. The average molecular weight is 281 g/mol. The number of carbonyl (C=O) groups excluding carboxylic acids is 1. The number of thioether (sulfide) groups is 1. The van der Waals surface area contributed by atoms with Gasteiger partial charge in [0.05, 0.1) is 12.0 Å². The van der Waals surface area contributed by atoms with Crippen LogP contribution in [-0.4, -0.2) is 24.3 Å². The fourth-order valence-corrected chi connectivity index (χ4v) is 2.22. The van der Waals surface area contributed by atoms with E-state index in [4.69, 9.17) is 0 Å². The summed E-state index contributed by atoms with van der Waals surface area (Å²) in [6.45, 7) is 1.78. The van der Waals surface area contributed by atoms with E-state index >= 15 is 0 Å². The number of benzene rings is 1. The van der Waals surface area contributed by atoms with Crippen molar-refractivity contribution in [1.29, 1.82) is 0 Å². The van der Waals surface area contributed by atoms with Crippen molar-refractivity contribution >= 4 is 29.0 Å². The maximum absolute atomic E-state index is 11.2. The zero-order valence-corrected chi connectivity index (χ0v) is 11.8. The number of nitro benzene ring substituents is 1. The van der Waals surface area contributed by atoms with E-state index in [0.717, 1.165) is 16.7 Å². The number of esters is 1. The van der Waals surface area contributed by atoms with Crippen molar-refractivity contribution in [3.8, 4) is 0 Å². The minimum Gasteiger partial charge on any atom is -0.466 e. The molecular formula is C13H15NO4S. The molecule has 0 atom stereocenters. The Morgan fingerprint density at radius 2 is 2.21 bits per heavy atom. The molecule has 0 aliphatic heterocycles. The molecule has 0 spiro atoms. The summed E-state index contributed by atoms with van der Waals surface area (Å²) in [7, 11) is 1.31. The summed E-state index contributed by atoms with van der Waals surface area (Å²) in [6.07, 6.45) is 3.30. The molecule has 0 bridgehead atoms. The van der Waals surface area contributed by atoms with E-state index < -0.39 is 10.9 Å². The number of ether oxygens (including phenoxy) is 1. The van der Waals surface area contributed by atoms with E-state index in [1.807, 2.05) is 6.26 Å². The molecule has 0 fully saturated rings. The van der Waals surface area contributed by atoms with Crippen LogP contribution in [-0.2, 0) is 15.3 Å².